The summed E-state index contributed by atoms with van der Waals surface area (Å²) in [5.74, 6) is -6.95. The lowest BCUT2D eigenvalue weighted by atomic mass is 9.58. The molecule has 4 unspecified atom stereocenters. The summed E-state index contributed by atoms with van der Waals surface area (Å²) in [5.41, 5.74) is 2.46. The highest BCUT2D eigenvalue weighted by Gasteiger charge is 2.63. The fourth-order valence-electron chi connectivity index (χ4n) is 5.56. The molecule has 34 heavy (non-hydrogen) atoms. The number of aliphatic hydroxyl groups excluding tert-OH is 2. The van der Waals surface area contributed by atoms with Crippen molar-refractivity contribution in [3.8, 4) is 11.8 Å². The third-order valence-corrected chi connectivity index (χ3v) is 6.98. The van der Waals surface area contributed by atoms with Gasteiger partial charge in [0.25, 0.3) is 5.91 Å². The maximum atomic E-state index is 13.5. The van der Waals surface area contributed by atoms with Gasteiger partial charge in [0.05, 0.1) is 17.7 Å². The summed E-state index contributed by atoms with van der Waals surface area (Å²) in [4.78, 5) is 40.1. The monoisotopic (exact) mass is 465 g/mol. The van der Waals surface area contributed by atoms with Gasteiger partial charge in [-0.05, 0) is 56.1 Å². The first kappa shape index (κ1) is 23.2. The van der Waals surface area contributed by atoms with E-state index < -0.39 is 58.0 Å². The number of aliphatic hydroxyl groups is 3. The molecule has 3 aliphatic carbocycles. The third kappa shape index (κ3) is 2.98. The molecule has 0 aliphatic heterocycles. The predicted molar refractivity (Wildman–Crippen MR) is 118 cm³/mol. The van der Waals surface area contributed by atoms with Crippen molar-refractivity contribution in [2.75, 3.05) is 14.1 Å². The molecule has 0 saturated carbocycles. The summed E-state index contributed by atoms with van der Waals surface area (Å²) < 4.78 is 0. The van der Waals surface area contributed by atoms with Gasteiger partial charge in [-0.15, -0.1) is 0 Å². The van der Waals surface area contributed by atoms with Crippen LogP contribution in [0.4, 0.5) is 0 Å². The minimum Gasteiger partial charge on any atom is -0.510 e. The van der Waals surface area contributed by atoms with Gasteiger partial charge in [-0.2, -0.15) is 5.26 Å². The maximum Gasteiger partial charge on any atom is 0.255 e. The maximum absolute atomic E-state index is 13.5. The molecule has 1 amide bonds. The number of primary amides is 1. The number of likely N-dealkylation sites (N-methyl/N-ethyl adjacent to an activating group) is 1. The van der Waals surface area contributed by atoms with Gasteiger partial charge in [0.2, 0.25) is 5.78 Å². The summed E-state index contributed by atoms with van der Waals surface area (Å²) in [6.45, 7) is 0. The van der Waals surface area contributed by atoms with Crippen molar-refractivity contribution in [1.29, 1.82) is 5.26 Å². The topological polar surface area (TPSA) is 185 Å². The summed E-state index contributed by atoms with van der Waals surface area (Å²) in [5, 5.41) is 52.8. The number of hydrogen-bond acceptors (Lipinski definition) is 9. The predicted octanol–water partition coefficient (Wildman–Crippen LogP) is 0.657. The Bertz CT molecular complexity index is 1280. The number of Topliss-reactive ketones (excluding diaryl/α,β-unsaturated/α-hetero) is 2. The molecule has 10 heteroatoms. The summed E-state index contributed by atoms with van der Waals surface area (Å²) >= 11 is 0. The van der Waals surface area contributed by atoms with Crippen LogP contribution in [0.3, 0.4) is 0 Å². The quantitative estimate of drug-likeness (QED) is 0.316. The first-order valence-corrected chi connectivity index (χ1v) is 10.5. The van der Waals surface area contributed by atoms with Gasteiger partial charge in [0.15, 0.2) is 11.4 Å². The first-order valence-electron chi connectivity index (χ1n) is 10.5. The summed E-state index contributed by atoms with van der Waals surface area (Å²) in [6, 6.07) is 3.67. The molecule has 1 aromatic rings. The highest BCUT2D eigenvalue weighted by Crippen LogP contribution is 2.52. The Kier molecular flexibility index (Phi) is 5.35. The second-order valence-corrected chi connectivity index (χ2v) is 8.95. The van der Waals surface area contributed by atoms with Crippen molar-refractivity contribution < 1.29 is 34.8 Å². The fourth-order valence-corrected chi connectivity index (χ4v) is 5.56. The van der Waals surface area contributed by atoms with E-state index in [0.717, 1.165) is 0 Å². The molecule has 0 radical (unpaired) electrons. The molecule has 176 valence electrons. The molecular weight excluding hydrogens is 442 g/mol. The van der Waals surface area contributed by atoms with E-state index in [9.17, 15) is 34.8 Å². The molecule has 0 spiro atoms. The van der Waals surface area contributed by atoms with Gasteiger partial charge in [-0.3, -0.25) is 19.3 Å². The van der Waals surface area contributed by atoms with Crippen LogP contribution < -0.4 is 5.73 Å². The second-order valence-electron chi connectivity index (χ2n) is 8.95. The Labute approximate surface area is 194 Å². The van der Waals surface area contributed by atoms with Crippen LogP contribution in [-0.4, -0.2) is 68.5 Å². The highest BCUT2D eigenvalue weighted by molar-refractivity contribution is 6.24. The van der Waals surface area contributed by atoms with Crippen LogP contribution in [0.2, 0.25) is 0 Å². The third-order valence-electron chi connectivity index (χ3n) is 6.98. The van der Waals surface area contributed by atoms with Crippen LogP contribution in [0.25, 0.3) is 6.08 Å². The van der Waals surface area contributed by atoms with E-state index in [-0.39, 0.29) is 29.7 Å². The number of rotatable bonds is 3. The van der Waals surface area contributed by atoms with Crippen LogP contribution in [-0.2, 0) is 16.0 Å². The molecule has 0 bridgehead atoms. The van der Waals surface area contributed by atoms with Crippen molar-refractivity contribution in [2.24, 2.45) is 17.6 Å². The number of allylic oxidation sites excluding steroid dienone is 2. The Balaban J connectivity index is 1.97. The number of phenols is 1. The minimum atomic E-state index is -2.67. The Morgan fingerprint density at radius 1 is 1.26 bits per heavy atom. The molecule has 4 atom stereocenters. The zero-order valence-corrected chi connectivity index (χ0v) is 18.4. The number of hydrogen-bond donors (Lipinski definition) is 5. The number of carbonyl (C=O) groups is 3. The summed E-state index contributed by atoms with van der Waals surface area (Å²) in [6.07, 6.45) is 2.90. The van der Waals surface area contributed by atoms with E-state index in [1.807, 2.05) is 6.07 Å². The van der Waals surface area contributed by atoms with E-state index in [0.29, 0.717) is 11.1 Å². The molecule has 4 rings (SSSR count). The standard InChI is InChI=1S/C24H23N3O7/c1-27(2)18-13-9-11-8-12-10(4-3-7-25)5-6-14(28)16(12)19(29)15(11)21(31)24(13,34)22(32)17(20(18)30)23(26)33/h3-6,11,13,18,28,30-31,34H,8-9H2,1-2H3,(H2,26,33)/b4-3+. The lowest BCUT2D eigenvalue weighted by Crippen LogP contribution is -2.63. The largest absolute Gasteiger partial charge is 0.510 e. The molecule has 3 aliphatic rings. The van der Waals surface area contributed by atoms with Crippen molar-refractivity contribution in [1.82, 2.24) is 4.90 Å². The molecule has 1 aromatic carbocycles. The van der Waals surface area contributed by atoms with Gasteiger partial charge in [0, 0.05) is 17.6 Å². The van der Waals surface area contributed by atoms with E-state index in [1.54, 1.807) is 20.2 Å². The second kappa shape index (κ2) is 7.83. The van der Waals surface area contributed by atoms with Crippen molar-refractivity contribution in [2.45, 2.75) is 24.5 Å². The molecule has 10 nitrogen and oxygen atoms in total. The van der Waals surface area contributed by atoms with E-state index in [2.05, 4.69) is 0 Å². The Morgan fingerprint density at radius 3 is 2.53 bits per heavy atom. The van der Waals surface area contributed by atoms with Gasteiger partial charge < -0.3 is 26.2 Å². The minimum absolute atomic E-state index is 0.00280. The van der Waals surface area contributed by atoms with Crippen LogP contribution >= 0.6 is 0 Å². The SMILES string of the molecule is CN(C)C1C(O)=C(C(N)=O)C(=O)C2(O)C(O)=C3C(=O)c4c(O)ccc(/C=C/C#N)c4CC3CC12. The van der Waals surface area contributed by atoms with Crippen LogP contribution in [0.15, 0.2) is 40.9 Å². The van der Waals surface area contributed by atoms with Crippen LogP contribution in [0, 0.1) is 23.2 Å². The van der Waals surface area contributed by atoms with E-state index in [4.69, 9.17) is 11.0 Å². The molecule has 6 N–H and O–H groups in total. The zero-order valence-electron chi connectivity index (χ0n) is 18.4. The van der Waals surface area contributed by atoms with Gasteiger partial charge in [-0.25, -0.2) is 0 Å². The van der Waals surface area contributed by atoms with Gasteiger partial charge in [-0.1, -0.05) is 6.07 Å². The summed E-state index contributed by atoms with van der Waals surface area (Å²) in [7, 11) is 3.13. The number of aromatic hydroxyl groups is 1. The molecule has 0 heterocycles. The van der Waals surface area contributed by atoms with Crippen LogP contribution in [0.1, 0.15) is 27.9 Å². The average Bonchev–Trinajstić information content (AvgIpc) is 2.75. The number of phenolic OH excluding ortho intramolecular Hbond substituents is 1. The number of nitriles is 1. The molecule has 0 fully saturated rings. The zero-order chi connectivity index (χ0) is 25.1. The molecular formula is C24H23N3O7. The number of fused-ring (bicyclic) bond motifs is 3. The van der Waals surface area contributed by atoms with Crippen molar-refractivity contribution >= 4 is 23.5 Å². The number of benzene rings is 1. The molecule has 0 saturated heterocycles. The van der Waals surface area contributed by atoms with Crippen molar-refractivity contribution in [3.05, 3.63) is 57.6 Å². The smallest absolute Gasteiger partial charge is 0.255 e. The number of nitrogens with two attached hydrogens (primary N) is 1. The van der Waals surface area contributed by atoms with Crippen LogP contribution in [0.5, 0.6) is 5.75 Å². The normalized spacial score (nSPS) is 28.6. The Morgan fingerprint density at radius 2 is 1.94 bits per heavy atom. The van der Waals surface area contributed by atoms with E-state index >= 15 is 0 Å². The van der Waals surface area contributed by atoms with Gasteiger partial charge in [0.1, 0.15) is 22.8 Å². The highest BCUT2D eigenvalue weighted by atomic mass is 16.3. The number of amides is 1. The number of nitrogens with zero attached hydrogens (tertiary/aromatic N) is 2. The fraction of sp³-hybridized carbons (Fsp3) is 0.333. The lowest BCUT2D eigenvalue weighted by molar-refractivity contribution is -0.148. The first-order chi connectivity index (χ1) is 16.0. The number of ketones is 2. The van der Waals surface area contributed by atoms with E-state index in [1.165, 1.54) is 23.1 Å². The number of carbonyl (C=O) groups excluding carboxylic acids is 3. The van der Waals surface area contributed by atoms with Crippen molar-refractivity contribution in [3.63, 3.8) is 0 Å². The average molecular weight is 465 g/mol. The lowest BCUT2D eigenvalue weighted by Gasteiger charge is -2.50. The molecule has 0 aromatic heterocycles. The Hall–Kier alpha value is -3.94. The van der Waals surface area contributed by atoms with Gasteiger partial charge >= 0.3 is 0 Å².